The summed E-state index contributed by atoms with van der Waals surface area (Å²) in [5, 5.41) is 8.92. The Kier molecular flexibility index (Phi) is 5.72. The summed E-state index contributed by atoms with van der Waals surface area (Å²) in [4.78, 5) is 11.3. The number of methoxy groups -OCH3 is 1. The second kappa shape index (κ2) is 7.33. The molecule has 96 valence electrons. The number of esters is 1. The highest BCUT2D eigenvalue weighted by Crippen LogP contribution is 2.20. The summed E-state index contributed by atoms with van der Waals surface area (Å²) in [5.74, 6) is 0.190. The van der Waals surface area contributed by atoms with Crippen molar-refractivity contribution in [2.24, 2.45) is 0 Å². The number of unbranched alkanes of at least 4 members (excludes halogenated alkanes) is 1. The maximum Gasteiger partial charge on any atom is 0.348 e. The van der Waals surface area contributed by atoms with Gasteiger partial charge in [0.25, 0.3) is 0 Å². The molecule has 1 aliphatic carbocycles. The van der Waals surface area contributed by atoms with Crippen molar-refractivity contribution in [2.75, 3.05) is 13.7 Å². The van der Waals surface area contributed by atoms with Crippen LogP contribution in [0.15, 0.2) is 35.1 Å². The first kappa shape index (κ1) is 14.0. The van der Waals surface area contributed by atoms with Gasteiger partial charge in [-0.25, -0.2) is 4.79 Å². The Morgan fingerprint density at radius 2 is 2.28 bits per heavy atom. The average Bonchev–Trinajstić information content (AvgIpc) is 2.41. The second-order valence-corrected chi connectivity index (χ2v) is 3.85. The molecule has 0 saturated heterocycles. The van der Waals surface area contributed by atoms with E-state index in [1.54, 1.807) is 12.2 Å². The van der Waals surface area contributed by atoms with Gasteiger partial charge in [0.15, 0.2) is 0 Å². The van der Waals surface area contributed by atoms with Crippen LogP contribution in [0.25, 0.3) is 0 Å². The predicted octanol–water partition coefficient (Wildman–Crippen LogP) is 2.64. The molecular weight excluding hydrogens is 230 g/mol. The fraction of sp³-hybridized carbons (Fsp3) is 0.429. The number of hydrogen-bond acceptors (Lipinski definition) is 4. The number of hydrogen-bond donors (Lipinski definition) is 0. The fourth-order valence-electron chi connectivity index (χ4n) is 1.51. The Morgan fingerprint density at radius 3 is 2.78 bits per heavy atom. The molecule has 0 N–H and O–H groups in total. The average molecular weight is 247 g/mol. The molecule has 0 aromatic rings. The van der Waals surface area contributed by atoms with E-state index in [4.69, 9.17) is 10.00 Å². The van der Waals surface area contributed by atoms with E-state index in [1.165, 1.54) is 7.11 Å². The van der Waals surface area contributed by atoms with E-state index in [0.29, 0.717) is 18.6 Å². The summed E-state index contributed by atoms with van der Waals surface area (Å²) in [6, 6.07) is 1.87. The maximum atomic E-state index is 11.3. The SMILES string of the molecule is CCCCOC1=CCC(=C(C#N)C(=O)OC)C=C1. The molecule has 0 unspecified atom stereocenters. The molecule has 0 bridgehead atoms. The molecule has 0 saturated carbocycles. The van der Waals surface area contributed by atoms with Gasteiger partial charge in [-0.3, -0.25) is 0 Å². The van der Waals surface area contributed by atoms with Gasteiger partial charge in [0.2, 0.25) is 0 Å². The van der Waals surface area contributed by atoms with Gasteiger partial charge in [-0.2, -0.15) is 5.26 Å². The molecule has 1 aliphatic rings. The Hall–Kier alpha value is -2.02. The topological polar surface area (TPSA) is 59.3 Å². The maximum absolute atomic E-state index is 11.3. The Labute approximate surface area is 107 Å². The van der Waals surface area contributed by atoms with Gasteiger partial charge in [-0.05, 0) is 30.6 Å². The van der Waals surface area contributed by atoms with E-state index >= 15 is 0 Å². The first-order valence-corrected chi connectivity index (χ1v) is 5.95. The van der Waals surface area contributed by atoms with Crippen LogP contribution < -0.4 is 0 Å². The summed E-state index contributed by atoms with van der Waals surface area (Å²) >= 11 is 0. The summed E-state index contributed by atoms with van der Waals surface area (Å²) in [7, 11) is 1.27. The van der Waals surface area contributed by atoms with Crippen molar-refractivity contribution in [1.82, 2.24) is 0 Å². The lowest BCUT2D eigenvalue weighted by Crippen LogP contribution is -2.07. The quantitative estimate of drug-likeness (QED) is 0.324. The van der Waals surface area contributed by atoms with Crippen molar-refractivity contribution < 1.29 is 14.3 Å². The van der Waals surface area contributed by atoms with Crippen LogP contribution in [0.4, 0.5) is 0 Å². The van der Waals surface area contributed by atoms with Gasteiger partial charge in [0.1, 0.15) is 17.4 Å². The monoisotopic (exact) mass is 247 g/mol. The van der Waals surface area contributed by atoms with E-state index in [2.05, 4.69) is 11.7 Å². The summed E-state index contributed by atoms with van der Waals surface area (Å²) in [5.41, 5.74) is 0.713. The van der Waals surface area contributed by atoms with Crippen molar-refractivity contribution in [2.45, 2.75) is 26.2 Å². The highest BCUT2D eigenvalue weighted by molar-refractivity contribution is 5.94. The molecule has 0 atom stereocenters. The number of carbonyl (C=O) groups excluding carboxylic acids is 1. The van der Waals surface area contributed by atoms with Crippen LogP contribution in [0, 0.1) is 11.3 Å². The zero-order valence-corrected chi connectivity index (χ0v) is 10.7. The standard InChI is InChI=1S/C14H17NO3/c1-3-4-9-18-12-7-5-11(6-8-12)13(10-15)14(16)17-2/h5,7-8H,3-4,6,9H2,1-2H3. The van der Waals surface area contributed by atoms with Crippen molar-refractivity contribution in [3.05, 3.63) is 35.1 Å². The summed E-state index contributed by atoms with van der Waals surface area (Å²) in [6.45, 7) is 2.79. The van der Waals surface area contributed by atoms with E-state index in [0.717, 1.165) is 18.6 Å². The van der Waals surface area contributed by atoms with Crippen molar-refractivity contribution in [3.8, 4) is 6.07 Å². The second-order valence-electron chi connectivity index (χ2n) is 3.85. The van der Waals surface area contributed by atoms with Crippen LogP contribution in [-0.2, 0) is 14.3 Å². The van der Waals surface area contributed by atoms with Crippen LogP contribution in [-0.4, -0.2) is 19.7 Å². The fourth-order valence-corrected chi connectivity index (χ4v) is 1.51. The van der Waals surface area contributed by atoms with Crippen LogP contribution in [0.1, 0.15) is 26.2 Å². The van der Waals surface area contributed by atoms with Crippen molar-refractivity contribution in [3.63, 3.8) is 0 Å². The van der Waals surface area contributed by atoms with Gasteiger partial charge in [-0.15, -0.1) is 0 Å². The number of nitrogens with zero attached hydrogens (tertiary/aromatic N) is 1. The Morgan fingerprint density at radius 1 is 1.50 bits per heavy atom. The molecule has 0 spiro atoms. The Bertz CT molecular complexity index is 438. The molecule has 0 heterocycles. The largest absolute Gasteiger partial charge is 0.494 e. The summed E-state index contributed by atoms with van der Waals surface area (Å²) < 4.78 is 10.1. The summed E-state index contributed by atoms with van der Waals surface area (Å²) in [6.07, 6.45) is 7.98. The molecule has 0 fully saturated rings. The van der Waals surface area contributed by atoms with Crippen molar-refractivity contribution >= 4 is 5.97 Å². The molecular formula is C14H17NO3. The van der Waals surface area contributed by atoms with Gasteiger partial charge in [0, 0.05) is 0 Å². The zero-order chi connectivity index (χ0) is 13.4. The Balaban J connectivity index is 2.68. The van der Waals surface area contributed by atoms with Crippen LogP contribution in [0.5, 0.6) is 0 Å². The third-order valence-electron chi connectivity index (χ3n) is 2.56. The number of ether oxygens (including phenoxy) is 2. The minimum Gasteiger partial charge on any atom is -0.494 e. The molecule has 4 heteroatoms. The van der Waals surface area contributed by atoms with Gasteiger partial charge < -0.3 is 9.47 Å². The van der Waals surface area contributed by atoms with E-state index in [-0.39, 0.29) is 5.57 Å². The molecule has 1 rings (SSSR count). The van der Waals surface area contributed by atoms with Crippen LogP contribution in [0.3, 0.4) is 0 Å². The molecule has 18 heavy (non-hydrogen) atoms. The van der Waals surface area contributed by atoms with Gasteiger partial charge >= 0.3 is 5.97 Å². The minimum atomic E-state index is -0.596. The lowest BCUT2D eigenvalue weighted by Gasteiger charge is -2.11. The lowest BCUT2D eigenvalue weighted by atomic mass is 10.0. The number of rotatable bonds is 5. The molecule has 0 aliphatic heterocycles. The van der Waals surface area contributed by atoms with E-state index in [1.807, 2.05) is 12.1 Å². The molecule has 0 radical (unpaired) electrons. The van der Waals surface area contributed by atoms with E-state index in [9.17, 15) is 4.79 Å². The molecule has 0 aromatic carbocycles. The highest BCUT2D eigenvalue weighted by atomic mass is 16.5. The number of nitriles is 1. The smallest absolute Gasteiger partial charge is 0.348 e. The van der Waals surface area contributed by atoms with Crippen LogP contribution >= 0.6 is 0 Å². The lowest BCUT2D eigenvalue weighted by molar-refractivity contribution is -0.135. The van der Waals surface area contributed by atoms with E-state index < -0.39 is 5.97 Å². The third kappa shape index (κ3) is 3.77. The predicted molar refractivity (Wildman–Crippen MR) is 67.4 cm³/mol. The molecule has 4 nitrogen and oxygen atoms in total. The normalized spacial score (nSPS) is 16.6. The van der Waals surface area contributed by atoms with Gasteiger partial charge in [0.05, 0.1) is 13.7 Å². The number of allylic oxidation sites excluding steroid dienone is 4. The minimum absolute atomic E-state index is 0.0533. The van der Waals surface area contributed by atoms with Crippen LogP contribution in [0.2, 0.25) is 0 Å². The number of carbonyl (C=O) groups is 1. The molecule has 0 amide bonds. The zero-order valence-electron chi connectivity index (χ0n) is 10.7. The van der Waals surface area contributed by atoms with Crippen molar-refractivity contribution in [1.29, 1.82) is 5.26 Å². The first-order chi connectivity index (χ1) is 8.72. The third-order valence-corrected chi connectivity index (χ3v) is 2.56. The highest BCUT2D eigenvalue weighted by Gasteiger charge is 2.15. The first-order valence-electron chi connectivity index (χ1n) is 5.95. The molecule has 0 aromatic heterocycles. The van der Waals surface area contributed by atoms with Gasteiger partial charge in [-0.1, -0.05) is 19.4 Å².